The van der Waals surface area contributed by atoms with Crippen LogP contribution in [0.4, 0.5) is 0 Å². The molecule has 3 nitrogen and oxygen atoms in total. The quantitative estimate of drug-likeness (QED) is 0.715. The van der Waals surface area contributed by atoms with Gasteiger partial charge in [-0.1, -0.05) is 46.0 Å². The number of aromatic nitrogens is 2. The maximum absolute atomic E-state index is 6.29. The van der Waals surface area contributed by atoms with Crippen molar-refractivity contribution in [3.8, 4) is 0 Å². The molecule has 1 unspecified atom stereocenters. The Morgan fingerprint density at radius 3 is 2.50 bits per heavy atom. The molecule has 0 saturated carbocycles. The van der Waals surface area contributed by atoms with E-state index in [0.717, 1.165) is 24.2 Å². The van der Waals surface area contributed by atoms with Crippen molar-refractivity contribution in [3.05, 3.63) is 23.0 Å². The lowest BCUT2D eigenvalue weighted by molar-refractivity contribution is 0.549. The van der Waals surface area contributed by atoms with E-state index in [4.69, 9.17) is 5.73 Å². The van der Waals surface area contributed by atoms with Crippen molar-refractivity contribution in [3.63, 3.8) is 0 Å². The summed E-state index contributed by atoms with van der Waals surface area (Å²) in [5, 5.41) is 8.35. The molecule has 1 atom stereocenters. The fourth-order valence-electron chi connectivity index (χ4n) is 2.25. The van der Waals surface area contributed by atoms with E-state index < -0.39 is 0 Å². The van der Waals surface area contributed by atoms with Crippen LogP contribution in [0.15, 0.2) is 6.07 Å². The second-order valence-corrected chi connectivity index (χ2v) is 5.05. The second kappa shape index (κ2) is 8.20. The van der Waals surface area contributed by atoms with E-state index in [1.165, 1.54) is 37.7 Å². The van der Waals surface area contributed by atoms with Crippen LogP contribution in [-0.4, -0.2) is 10.2 Å². The lowest BCUT2D eigenvalue weighted by Crippen LogP contribution is -2.14. The number of hydrogen-bond donors (Lipinski definition) is 1. The Bertz CT molecular complexity index is 350. The molecular weight excluding hydrogens is 222 g/mol. The van der Waals surface area contributed by atoms with Gasteiger partial charge < -0.3 is 5.73 Å². The molecule has 0 aliphatic heterocycles. The second-order valence-electron chi connectivity index (χ2n) is 5.05. The molecule has 0 spiro atoms. The molecule has 0 saturated heterocycles. The van der Waals surface area contributed by atoms with Crippen LogP contribution in [-0.2, 0) is 6.42 Å². The molecule has 1 aromatic rings. The van der Waals surface area contributed by atoms with E-state index in [0.29, 0.717) is 0 Å². The van der Waals surface area contributed by atoms with E-state index in [-0.39, 0.29) is 6.04 Å². The van der Waals surface area contributed by atoms with Crippen molar-refractivity contribution in [2.75, 3.05) is 0 Å². The van der Waals surface area contributed by atoms with Crippen molar-refractivity contribution < 1.29 is 0 Å². The number of nitrogens with two attached hydrogens (primary N) is 1. The van der Waals surface area contributed by atoms with E-state index in [1.807, 2.05) is 6.92 Å². The Labute approximate surface area is 111 Å². The molecule has 102 valence electrons. The van der Waals surface area contributed by atoms with Crippen LogP contribution in [0.25, 0.3) is 0 Å². The summed E-state index contributed by atoms with van der Waals surface area (Å²) in [6.07, 6.45) is 8.43. The molecule has 0 amide bonds. The van der Waals surface area contributed by atoms with Crippen LogP contribution in [0.2, 0.25) is 0 Å². The molecule has 3 heteroatoms. The number of rotatable bonds is 8. The minimum Gasteiger partial charge on any atom is -0.324 e. The summed E-state index contributed by atoms with van der Waals surface area (Å²) in [6.45, 7) is 6.32. The molecule has 1 rings (SSSR count). The van der Waals surface area contributed by atoms with Crippen LogP contribution in [0.1, 0.15) is 75.4 Å². The number of aryl methyl sites for hydroxylation is 2. The highest BCUT2D eigenvalue weighted by molar-refractivity contribution is 5.24. The zero-order valence-electron chi connectivity index (χ0n) is 12.1. The molecule has 0 fully saturated rings. The first-order valence-corrected chi connectivity index (χ1v) is 7.27. The Kier molecular flexibility index (Phi) is 6.88. The van der Waals surface area contributed by atoms with Gasteiger partial charge in [0, 0.05) is 6.04 Å². The van der Waals surface area contributed by atoms with Gasteiger partial charge in [-0.2, -0.15) is 10.2 Å². The zero-order valence-corrected chi connectivity index (χ0v) is 12.1. The number of hydrogen-bond acceptors (Lipinski definition) is 3. The molecule has 1 aromatic heterocycles. The molecule has 0 aliphatic rings. The molecule has 18 heavy (non-hydrogen) atoms. The SMILES string of the molecule is CCCCCCCC(N)c1cc(C)nnc1CC. The van der Waals surface area contributed by atoms with Gasteiger partial charge in [0.1, 0.15) is 0 Å². The first kappa shape index (κ1) is 15.1. The zero-order chi connectivity index (χ0) is 13.4. The van der Waals surface area contributed by atoms with Crippen molar-refractivity contribution in [1.82, 2.24) is 10.2 Å². The molecular formula is C15H27N3. The smallest absolute Gasteiger partial charge is 0.0676 e. The van der Waals surface area contributed by atoms with Crippen LogP contribution in [0.3, 0.4) is 0 Å². The predicted molar refractivity (Wildman–Crippen MR) is 76.5 cm³/mol. The van der Waals surface area contributed by atoms with Gasteiger partial charge in [0.25, 0.3) is 0 Å². The Hall–Kier alpha value is -0.960. The fourth-order valence-corrected chi connectivity index (χ4v) is 2.25. The lowest BCUT2D eigenvalue weighted by atomic mass is 9.98. The molecule has 0 radical (unpaired) electrons. The van der Waals surface area contributed by atoms with Crippen LogP contribution >= 0.6 is 0 Å². The van der Waals surface area contributed by atoms with Gasteiger partial charge in [0.15, 0.2) is 0 Å². The molecule has 0 aromatic carbocycles. The topological polar surface area (TPSA) is 51.8 Å². The van der Waals surface area contributed by atoms with Gasteiger partial charge >= 0.3 is 0 Å². The summed E-state index contributed by atoms with van der Waals surface area (Å²) < 4.78 is 0. The third-order valence-corrected chi connectivity index (χ3v) is 3.38. The molecule has 2 N–H and O–H groups in total. The van der Waals surface area contributed by atoms with E-state index >= 15 is 0 Å². The third-order valence-electron chi connectivity index (χ3n) is 3.38. The summed E-state index contributed by atoms with van der Waals surface area (Å²) in [5.74, 6) is 0. The highest BCUT2D eigenvalue weighted by Crippen LogP contribution is 2.21. The van der Waals surface area contributed by atoms with Gasteiger partial charge in [-0.05, 0) is 31.4 Å². The first-order valence-electron chi connectivity index (χ1n) is 7.27. The summed E-state index contributed by atoms with van der Waals surface area (Å²) >= 11 is 0. The monoisotopic (exact) mass is 249 g/mol. The van der Waals surface area contributed by atoms with Crippen molar-refractivity contribution in [2.24, 2.45) is 5.73 Å². The third kappa shape index (κ3) is 4.73. The fraction of sp³-hybridized carbons (Fsp3) is 0.733. The van der Waals surface area contributed by atoms with Gasteiger partial charge in [0.05, 0.1) is 11.4 Å². The lowest BCUT2D eigenvalue weighted by Gasteiger charge is -2.15. The van der Waals surface area contributed by atoms with E-state index in [1.54, 1.807) is 0 Å². The average molecular weight is 249 g/mol. The Morgan fingerprint density at radius 1 is 1.11 bits per heavy atom. The Balaban J connectivity index is 2.49. The van der Waals surface area contributed by atoms with Gasteiger partial charge in [-0.15, -0.1) is 0 Å². The highest BCUT2D eigenvalue weighted by Gasteiger charge is 2.12. The van der Waals surface area contributed by atoms with Crippen LogP contribution < -0.4 is 5.73 Å². The normalized spacial score (nSPS) is 12.7. The maximum Gasteiger partial charge on any atom is 0.0676 e. The standard InChI is InChI=1S/C15H27N3/c1-4-6-7-8-9-10-14(16)13-11-12(3)17-18-15(13)5-2/h11,14H,4-10,16H2,1-3H3. The van der Waals surface area contributed by atoms with Gasteiger partial charge in [-0.25, -0.2) is 0 Å². The van der Waals surface area contributed by atoms with Crippen molar-refractivity contribution >= 4 is 0 Å². The highest BCUT2D eigenvalue weighted by atomic mass is 15.1. The van der Waals surface area contributed by atoms with Gasteiger partial charge in [0.2, 0.25) is 0 Å². The van der Waals surface area contributed by atoms with Gasteiger partial charge in [-0.3, -0.25) is 0 Å². The number of unbranched alkanes of at least 4 members (excludes halogenated alkanes) is 4. The number of nitrogens with zero attached hydrogens (tertiary/aromatic N) is 2. The summed E-state index contributed by atoms with van der Waals surface area (Å²) in [6, 6.07) is 2.22. The van der Waals surface area contributed by atoms with Crippen LogP contribution in [0.5, 0.6) is 0 Å². The summed E-state index contributed by atoms with van der Waals surface area (Å²) in [4.78, 5) is 0. The molecule has 0 aliphatic carbocycles. The predicted octanol–water partition coefficient (Wildman–Crippen LogP) is 3.71. The maximum atomic E-state index is 6.29. The van der Waals surface area contributed by atoms with E-state index in [2.05, 4.69) is 30.1 Å². The van der Waals surface area contributed by atoms with E-state index in [9.17, 15) is 0 Å². The summed E-state index contributed by atoms with van der Waals surface area (Å²) in [7, 11) is 0. The van der Waals surface area contributed by atoms with Crippen molar-refractivity contribution in [2.45, 2.75) is 71.8 Å². The molecule has 0 bridgehead atoms. The minimum absolute atomic E-state index is 0.121. The largest absolute Gasteiger partial charge is 0.324 e. The molecule has 1 heterocycles. The summed E-state index contributed by atoms with van der Waals surface area (Å²) in [5.41, 5.74) is 9.50. The first-order chi connectivity index (χ1) is 8.69. The average Bonchev–Trinajstić information content (AvgIpc) is 2.38. The minimum atomic E-state index is 0.121. The van der Waals surface area contributed by atoms with Crippen molar-refractivity contribution in [1.29, 1.82) is 0 Å². The Morgan fingerprint density at radius 2 is 1.83 bits per heavy atom. The van der Waals surface area contributed by atoms with Crippen LogP contribution in [0, 0.1) is 6.92 Å².